The molecule has 28 heavy (non-hydrogen) atoms. The quantitative estimate of drug-likeness (QED) is 0.608. The van der Waals surface area contributed by atoms with E-state index >= 15 is 0 Å². The molecular weight excluding hydrogens is 358 g/mol. The van der Waals surface area contributed by atoms with Crippen LogP contribution in [0.2, 0.25) is 0 Å². The number of ether oxygens (including phenoxy) is 2. The van der Waals surface area contributed by atoms with Gasteiger partial charge in [-0.05, 0) is 18.2 Å². The molecule has 0 fully saturated rings. The number of nitrogens with zero attached hydrogens (tertiary/aromatic N) is 2. The maximum absolute atomic E-state index is 12.6. The van der Waals surface area contributed by atoms with Crippen LogP contribution >= 0.6 is 0 Å². The van der Waals surface area contributed by atoms with Crippen molar-refractivity contribution in [3.8, 4) is 11.5 Å². The molecule has 144 valence electrons. The Bertz CT molecular complexity index is 968. The van der Waals surface area contributed by atoms with Crippen LogP contribution in [0.5, 0.6) is 11.5 Å². The lowest BCUT2D eigenvalue weighted by atomic mass is 10.0. The Morgan fingerprint density at radius 3 is 2.57 bits per heavy atom. The normalized spacial score (nSPS) is 11.5. The molecule has 0 aliphatic rings. The lowest BCUT2D eigenvalue weighted by Crippen LogP contribution is -2.34. The molecule has 0 radical (unpaired) electrons. The first kappa shape index (κ1) is 19.2. The van der Waals surface area contributed by atoms with Crippen molar-refractivity contribution in [2.24, 2.45) is 7.05 Å². The lowest BCUT2D eigenvalue weighted by molar-refractivity contribution is -0.123. The molecule has 0 spiro atoms. The van der Waals surface area contributed by atoms with Crippen molar-refractivity contribution < 1.29 is 19.1 Å². The Labute approximate surface area is 162 Å². The van der Waals surface area contributed by atoms with Crippen LogP contribution in [0.3, 0.4) is 0 Å². The van der Waals surface area contributed by atoms with Crippen LogP contribution in [0, 0.1) is 0 Å². The van der Waals surface area contributed by atoms with E-state index < -0.39 is 6.04 Å². The zero-order valence-electron chi connectivity index (χ0n) is 15.7. The van der Waals surface area contributed by atoms with Crippen LogP contribution in [0.4, 0.5) is 0 Å². The van der Waals surface area contributed by atoms with E-state index in [9.17, 15) is 9.59 Å². The predicted molar refractivity (Wildman–Crippen MR) is 104 cm³/mol. The monoisotopic (exact) mass is 379 g/mol. The number of rotatable bonds is 8. The number of aryl methyl sites for hydroxylation is 1. The summed E-state index contributed by atoms with van der Waals surface area (Å²) in [5.41, 5.74) is 1.17. The minimum absolute atomic E-state index is 0.235. The van der Waals surface area contributed by atoms with Crippen molar-refractivity contribution >= 4 is 12.2 Å². The number of nitrogens with one attached hydrogen (secondary N) is 1. The van der Waals surface area contributed by atoms with Gasteiger partial charge in [0.1, 0.15) is 23.4 Å². The van der Waals surface area contributed by atoms with E-state index in [-0.39, 0.29) is 12.5 Å². The first-order chi connectivity index (χ1) is 13.6. The van der Waals surface area contributed by atoms with Gasteiger partial charge in [-0.25, -0.2) is 4.98 Å². The van der Waals surface area contributed by atoms with Gasteiger partial charge in [0, 0.05) is 25.0 Å². The van der Waals surface area contributed by atoms with Gasteiger partial charge >= 0.3 is 0 Å². The molecule has 1 unspecified atom stereocenters. The molecule has 1 atom stereocenters. The van der Waals surface area contributed by atoms with Crippen LogP contribution in [0.1, 0.15) is 27.8 Å². The summed E-state index contributed by atoms with van der Waals surface area (Å²) in [7, 11) is 3.43. The molecule has 0 saturated carbocycles. The number of amides is 1. The Balaban J connectivity index is 1.81. The predicted octanol–water partition coefficient (Wildman–Crippen LogP) is 2.53. The van der Waals surface area contributed by atoms with Gasteiger partial charge in [-0.15, -0.1) is 0 Å². The Hall–Kier alpha value is -3.61. The van der Waals surface area contributed by atoms with Crippen LogP contribution in [0.15, 0.2) is 60.9 Å². The number of para-hydroxylation sites is 2. The molecule has 7 heteroatoms. The second-order valence-electron chi connectivity index (χ2n) is 6.08. The summed E-state index contributed by atoms with van der Waals surface area (Å²) in [6.07, 6.45) is 4.17. The van der Waals surface area contributed by atoms with Crippen molar-refractivity contribution in [3.05, 3.63) is 77.9 Å². The van der Waals surface area contributed by atoms with E-state index in [0.29, 0.717) is 29.2 Å². The summed E-state index contributed by atoms with van der Waals surface area (Å²) in [6.45, 7) is -0.235. The van der Waals surface area contributed by atoms with E-state index in [1.807, 2.05) is 35.9 Å². The zero-order chi connectivity index (χ0) is 19.9. The van der Waals surface area contributed by atoms with Gasteiger partial charge in [-0.1, -0.05) is 30.3 Å². The summed E-state index contributed by atoms with van der Waals surface area (Å²) in [5, 5.41) is 2.94. The first-order valence-electron chi connectivity index (χ1n) is 8.70. The second-order valence-corrected chi connectivity index (χ2v) is 6.08. The molecular formula is C21H21N3O4. The van der Waals surface area contributed by atoms with E-state index in [1.165, 1.54) is 0 Å². The highest BCUT2D eigenvalue weighted by molar-refractivity contribution is 5.81. The SMILES string of the molecule is COc1ccccc1C(NC(=O)COc1ccccc1C=O)c1nccn1C. The van der Waals surface area contributed by atoms with E-state index in [2.05, 4.69) is 10.3 Å². The van der Waals surface area contributed by atoms with Gasteiger partial charge in [0.15, 0.2) is 12.9 Å². The summed E-state index contributed by atoms with van der Waals surface area (Å²) >= 11 is 0. The standard InChI is InChI=1S/C21H21N3O4/c1-24-12-11-22-21(24)20(16-8-4-6-10-18(16)27-2)23-19(26)14-28-17-9-5-3-7-15(17)13-25/h3-13,20H,14H2,1-2H3,(H,23,26). The van der Waals surface area contributed by atoms with Crippen molar-refractivity contribution in [3.63, 3.8) is 0 Å². The number of imidazole rings is 1. The molecule has 3 rings (SSSR count). The summed E-state index contributed by atoms with van der Waals surface area (Å²) in [5.74, 6) is 1.31. The van der Waals surface area contributed by atoms with Gasteiger partial charge in [0.05, 0.1) is 12.7 Å². The molecule has 0 aliphatic heterocycles. The average Bonchev–Trinajstić information content (AvgIpc) is 3.16. The van der Waals surface area contributed by atoms with Crippen molar-refractivity contribution in [1.29, 1.82) is 0 Å². The number of aromatic nitrogens is 2. The highest BCUT2D eigenvalue weighted by Crippen LogP contribution is 2.29. The van der Waals surface area contributed by atoms with E-state index in [1.54, 1.807) is 43.8 Å². The van der Waals surface area contributed by atoms with Crippen LogP contribution in [-0.2, 0) is 11.8 Å². The van der Waals surface area contributed by atoms with Crippen LogP contribution in [-0.4, -0.2) is 35.5 Å². The van der Waals surface area contributed by atoms with Crippen LogP contribution < -0.4 is 14.8 Å². The van der Waals surface area contributed by atoms with Gasteiger partial charge in [-0.2, -0.15) is 0 Å². The fourth-order valence-corrected chi connectivity index (χ4v) is 2.90. The summed E-state index contributed by atoms with van der Waals surface area (Å²) in [4.78, 5) is 28.1. The Kier molecular flexibility index (Phi) is 6.06. The summed E-state index contributed by atoms with van der Waals surface area (Å²) in [6, 6.07) is 13.7. The minimum Gasteiger partial charge on any atom is -0.496 e. The van der Waals surface area contributed by atoms with Gasteiger partial charge in [-0.3, -0.25) is 9.59 Å². The maximum atomic E-state index is 12.6. The third-order valence-electron chi connectivity index (χ3n) is 4.28. The van der Waals surface area contributed by atoms with Crippen LogP contribution in [0.25, 0.3) is 0 Å². The number of aldehydes is 1. The Morgan fingerprint density at radius 1 is 1.18 bits per heavy atom. The third kappa shape index (κ3) is 4.20. The molecule has 1 N–H and O–H groups in total. The third-order valence-corrected chi connectivity index (χ3v) is 4.28. The number of hydrogen-bond donors (Lipinski definition) is 1. The van der Waals surface area contributed by atoms with E-state index in [4.69, 9.17) is 9.47 Å². The number of methoxy groups -OCH3 is 1. The molecule has 3 aromatic rings. The summed E-state index contributed by atoms with van der Waals surface area (Å²) < 4.78 is 12.8. The molecule has 1 amide bonds. The van der Waals surface area contributed by atoms with Crippen molar-refractivity contribution in [2.75, 3.05) is 13.7 Å². The van der Waals surface area contributed by atoms with Gasteiger partial charge in [0.2, 0.25) is 0 Å². The van der Waals surface area contributed by atoms with E-state index in [0.717, 1.165) is 5.56 Å². The smallest absolute Gasteiger partial charge is 0.258 e. The Morgan fingerprint density at radius 2 is 1.89 bits per heavy atom. The lowest BCUT2D eigenvalue weighted by Gasteiger charge is -2.21. The fourth-order valence-electron chi connectivity index (χ4n) is 2.90. The maximum Gasteiger partial charge on any atom is 0.258 e. The largest absolute Gasteiger partial charge is 0.496 e. The minimum atomic E-state index is -0.520. The molecule has 7 nitrogen and oxygen atoms in total. The molecule has 1 heterocycles. The second kappa shape index (κ2) is 8.85. The molecule has 2 aromatic carbocycles. The number of carbonyl (C=O) groups is 2. The number of benzene rings is 2. The molecule has 1 aromatic heterocycles. The fraction of sp³-hybridized carbons (Fsp3) is 0.190. The highest BCUT2D eigenvalue weighted by Gasteiger charge is 2.24. The number of carbonyl (C=O) groups excluding carboxylic acids is 2. The zero-order valence-corrected chi connectivity index (χ0v) is 15.7. The molecule has 0 saturated heterocycles. The highest BCUT2D eigenvalue weighted by atomic mass is 16.5. The molecule has 0 aliphatic carbocycles. The van der Waals surface area contributed by atoms with Crippen molar-refractivity contribution in [1.82, 2.24) is 14.9 Å². The topological polar surface area (TPSA) is 82.4 Å². The van der Waals surface area contributed by atoms with Crippen molar-refractivity contribution in [2.45, 2.75) is 6.04 Å². The molecule has 0 bridgehead atoms. The van der Waals surface area contributed by atoms with Gasteiger partial charge < -0.3 is 19.4 Å². The average molecular weight is 379 g/mol. The number of hydrogen-bond acceptors (Lipinski definition) is 5. The van der Waals surface area contributed by atoms with Gasteiger partial charge in [0.25, 0.3) is 5.91 Å². The first-order valence-corrected chi connectivity index (χ1v) is 8.70.